The summed E-state index contributed by atoms with van der Waals surface area (Å²) in [6, 6.07) is 3.60. The Morgan fingerprint density at radius 3 is 2.94 bits per heavy atom. The molecule has 7 heteroatoms. The maximum Gasteiger partial charge on any atom is 0.254 e. The van der Waals surface area contributed by atoms with Crippen LogP contribution in [0.1, 0.15) is 0 Å². The summed E-state index contributed by atoms with van der Waals surface area (Å²) >= 11 is 6.06. The predicted octanol–water partition coefficient (Wildman–Crippen LogP) is 1.18. The van der Waals surface area contributed by atoms with Gasteiger partial charge >= 0.3 is 0 Å². The molecule has 0 aliphatic rings. The Hall–Kier alpha value is -1.95. The molecule has 0 fully saturated rings. The van der Waals surface area contributed by atoms with Crippen molar-refractivity contribution in [2.75, 3.05) is 0 Å². The third-order valence-electron chi connectivity index (χ3n) is 2.29. The summed E-state index contributed by atoms with van der Waals surface area (Å²) in [6.45, 7) is 0. The van der Waals surface area contributed by atoms with Crippen molar-refractivity contribution in [3.8, 4) is 11.4 Å². The Morgan fingerprint density at radius 2 is 2.19 bits per heavy atom. The maximum atomic E-state index is 6.06. The zero-order valence-electron chi connectivity index (χ0n) is 8.37. The molecule has 0 saturated heterocycles. The van der Waals surface area contributed by atoms with Gasteiger partial charge in [-0.1, -0.05) is 11.6 Å². The lowest BCUT2D eigenvalue weighted by molar-refractivity contribution is 0.772. The highest BCUT2D eigenvalue weighted by Gasteiger charge is 2.09. The van der Waals surface area contributed by atoms with E-state index in [0.717, 1.165) is 11.4 Å². The SMILES string of the molecule is Cn1nccc1-c1cc(Cl)n2ncnc2n1. The van der Waals surface area contributed by atoms with E-state index < -0.39 is 0 Å². The largest absolute Gasteiger partial charge is 0.266 e. The molecule has 3 heterocycles. The number of aryl methyl sites for hydroxylation is 1. The van der Waals surface area contributed by atoms with E-state index >= 15 is 0 Å². The lowest BCUT2D eigenvalue weighted by atomic mass is 10.3. The predicted molar refractivity (Wildman–Crippen MR) is 58.0 cm³/mol. The molecule has 80 valence electrons. The molecule has 0 amide bonds. The Balaban J connectivity index is 2.29. The molecule has 0 saturated carbocycles. The van der Waals surface area contributed by atoms with Crippen LogP contribution in [-0.2, 0) is 7.05 Å². The van der Waals surface area contributed by atoms with Crippen LogP contribution in [0, 0.1) is 0 Å². The Morgan fingerprint density at radius 1 is 1.31 bits per heavy atom. The normalized spacial score (nSPS) is 11.1. The van der Waals surface area contributed by atoms with Crippen LogP contribution in [0.4, 0.5) is 0 Å². The molecule has 6 nitrogen and oxygen atoms in total. The quantitative estimate of drug-likeness (QED) is 0.593. The molecule has 3 aromatic heterocycles. The van der Waals surface area contributed by atoms with E-state index in [2.05, 4.69) is 20.2 Å². The maximum absolute atomic E-state index is 6.06. The first kappa shape index (κ1) is 9.29. The van der Waals surface area contributed by atoms with Gasteiger partial charge in [-0.25, -0.2) is 4.98 Å². The van der Waals surface area contributed by atoms with Crippen LogP contribution in [0.2, 0.25) is 5.15 Å². The fraction of sp³-hybridized carbons (Fsp3) is 0.111. The van der Waals surface area contributed by atoms with Crippen molar-refractivity contribution < 1.29 is 0 Å². The molecular weight excluding hydrogens is 228 g/mol. The lowest BCUT2D eigenvalue weighted by Crippen LogP contribution is -1.99. The first-order valence-electron chi connectivity index (χ1n) is 4.60. The summed E-state index contributed by atoms with van der Waals surface area (Å²) in [5.41, 5.74) is 1.61. The van der Waals surface area contributed by atoms with Crippen LogP contribution in [0.3, 0.4) is 0 Å². The highest BCUT2D eigenvalue weighted by atomic mass is 35.5. The fourth-order valence-corrected chi connectivity index (χ4v) is 1.76. The molecule has 0 N–H and O–H groups in total. The molecule has 0 radical (unpaired) electrons. The second-order valence-electron chi connectivity index (χ2n) is 3.28. The van der Waals surface area contributed by atoms with Crippen LogP contribution in [0.25, 0.3) is 17.2 Å². The average molecular weight is 235 g/mol. The third kappa shape index (κ3) is 1.27. The van der Waals surface area contributed by atoms with Gasteiger partial charge in [0.25, 0.3) is 5.78 Å². The molecule has 0 spiro atoms. The topological polar surface area (TPSA) is 60.9 Å². The van der Waals surface area contributed by atoms with E-state index in [4.69, 9.17) is 11.6 Å². The van der Waals surface area contributed by atoms with Crippen molar-refractivity contribution in [3.05, 3.63) is 29.8 Å². The van der Waals surface area contributed by atoms with Gasteiger partial charge in [0.15, 0.2) is 0 Å². The van der Waals surface area contributed by atoms with Gasteiger partial charge in [-0.2, -0.15) is 19.7 Å². The smallest absolute Gasteiger partial charge is 0.254 e. The van der Waals surface area contributed by atoms with Crippen LogP contribution in [-0.4, -0.2) is 29.4 Å². The van der Waals surface area contributed by atoms with Gasteiger partial charge in [-0.15, -0.1) is 0 Å². The Bertz CT molecular complexity index is 655. The molecule has 0 unspecified atom stereocenters. The van der Waals surface area contributed by atoms with Crippen molar-refractivity contribution in [1.82, 2.24) is 29.4 Å². The summed E-state index contributed by atoms with van der Waals surface area (Å²) in [7, 11) is 1.85. The standard InChI is InChI=1S/C9H7ClN6/c1-15-7(2-3-12-15)6-4-8(10)16-9(14-6)11-5-13-16/h2-5H,1H3. The number of rotatable bonds is 1. The number of fused-ring (bicyclic) bond motifs is 1. The van der Waals surface area contributed by atoms with E-state index in [-0.39, 0.29) is 0 Å². The number of hydrogen-bond donors (Lipinski definition) is 0. The van der Waals surface area contributed by atoms with Crippen molar-refractivity contribution in [2.24, 2.45) is 7.05 Å². The first-order chi connectivity index (χ1) is 7.75. The van der Waals surface area contributed by atoms with Crippen molar-refractivity contribution >= 4 is 17.4 Å². The van der Waals surface area contributed by atoms with E-state index in [1.165, 1.54) is 10.8 Å². The highest BCUT2D eigenvalue weighted by Crippen LogP contribution is 2.20. The summed E-state index contributed by atoms with van der Waals surface area (Å²) in [5, 5.41) is 8.50. The number of halogens is 1. The minimum atomic E-state index is 0.471. The number of aromatic nitrogens is 6. The molecule has 0 bridgehead atoms. The third-order valence-corrected chi connectivity index (χ3v) is 2.56. The zero-order valence-corrected chi connectivity index (χ0v) is 9.13. The van der Waals surface area contributed by atoms with Crippen molar-refractivity contribution in [1.29, 1.82) is 0 Å². The van der Waals surface area contributed by atoms with Gasteiger partial charge in [0, 0.05) is 19.3 Å². The van der Waals surface area contributed by atoms with E-state index in [0.29, 0.717) is 10.9 Å². The zero-order chi connectivity index (χ0) is 11.1. The van der Waals surface area contributed by atoms with Gasteiger partial charge in [0.2, 0.25) is 0 Å². The molecule has 16 heavy (non-hydrogen) atoms. The minimum Gasteiger partial charge on any atom is -0.266 e. The van der Waals surface area contributed by atoms with E-state index in [9.17, 15) is 0 Å². The minimum absolute atomic E-state index is 0.471. The van der Waals surface area contributed by atoms with Gasteiger partial charge in [0.1, 0.15) is 11.5 Å². The molecule has 0 aliphatic carbocycles. The van der Waals surface area contributed by atoms with Gasteiger partial charge in [-0.3, -0.25) is 4.68 Å². The van der Waals surface area contributed by atoms with Crippen LogP contribution < -0.4 is 0 Å². The fourth-order valence-electron chi connectivity index (χ4n) is 1.53. The highest BCUT2D eigenvalue weighted by molar-refractivity contribution is 6.29. The summed E-state index contributed by atoms with van der Waals surface area (Å²) in [4.78, 5) is 8.35. The molecule has 3 aromatic rings. The Labute approximate surface area is 95.5 Å². The molecular formula is C9H7ClN6. The number of nitrogens with zero attached hydrogens (tertiary/aromatic N) is 6. The molecule has 0 aromatic carbocycles. The van der Waals surface area contributed by atoms with Crippen LogP contribution >= 0.6 is 11.6 Å². The van der Waals surface area contributed by atoms with Crippen molar-refractivity contribution in [3.63, 3.8) is 0 Å². The van der Waals surface area contributed by atoms with Crippen molar-refractivity contribution in [2.45, 2.75) is 0 Å². The summed E-state index contributed by atoms with van der Waals surface area (Å²) in [6.07, 6.45) is 3.13. The summed E-state index contributed by atoms with van der Waals surface area (Å²) < 4.78 is 3.20. The van der Waals surface area contributed by atoms with Crippen LogP contribution in [0.15, 0.2) is 24.7 Å². The second kappa shape index (κ2) is 3.28. The monoisotopic (exact) mass is 234 g/mol. The van der Waals surface area contributed by atoms with Gasteiger partial charge in [-0.05, 0) is 6.07 Å². The second-order valence-corrected chi connectivity index (χ2v) is 3.66. The molecule has 0 aliphatic heterocycles. The Kier molecular flexibility index (Phi) is 1.90. The van der Waals surface area contributed by atoms with Crippen LogP contribution in [0.5, 0.6) is 0 Å². The molecule has 0 atom stereocenters. The average Bonchev–Trinajstić information content (AvgIpc) is 2.85. The van der Waals surface area contributed by atoms with E-state index in [1.54, 1.807) is 16.9 Å². The number of hydrogen-bond acceptors (Lipinski definition) is 4. The van der Waals surface area contributed by atoms with Gasteiger partial charge in [0.05, 0.1) is 11.4 Å². The first-order valence-corrected chi connectivity index (χ1v) is 4.98. The van der Waals surface area contributed by atoms with Gasteiger partial charge < -0.3 is 0 Å². The lowest BCUT2D eigenvalue weighted by Gasteiger charge is -2.02. The molecule has 3 rings (SSSR count). The summed E-state index contributed by atoms with van der Waals surface area (Å²) in [5.74, 6) is 0.476. The van der Waals surface area contributed by atoms with E-state index in [1.807, 2.05) is 13.1 Å².